The highest BCUT2D eigenvalue weighted by Gasteiger charge is 2.29. The molecule has 2 aromatic rings. The molecule has 1 heterocycles. The number of halogens is 1. The third kappa shape index (κ3) is 5.34. The first-order chi connectivity index (χ1) is 14.0. The Labute approximate surface area is 170 Å². The summed E-state index contributed by atoms with van der Waals surface area (Å²) in [6.07, 6.45) is 1.51. The van der Waals surface area contributed by atoms with E-state index in [9.17, 15) is 14.0 Å². The van der Waals surface area contributed by atoms with Gasteiger partial charge in [0, 0.05) is 18.7 Å². The van der Waals surface area contributed by atoms with E-state index in [2.05, 4.69) is 5.32 Å². The molecular formula is C23H27FN2O3. The van der Waals surface area contributed by atoms with Crippen LogP contribution in [0.15, 0.2) is 48.5 Å². The number of likely N-dealkylation sites (tertiary alicyclic amines) is 1. The van der Waals surface area contributed by atoms with Crippen LogP contribution in [-0.2, 0) is 4.79 Å². The van der Waals surface area contributed by atoms with E-state index in [0.717, 1.165) is 24.2 Å². The number of hydrogen-bond acceptors (Lipinski definition) is 3. The predicted octanol–water partition coefficient (Wildman–Crippen LogP) is 3.95. The number of hydrogen-bond donors (Lipinski definition) is 1. The molecule has 0 radical (unpaired) electrons. The summed E-state index contributed by atoms with van der Waals surface area (Å²) in [4.78, 5) is 27.1. The van der Waals surface area contributed by atoms with Gasteiger partial charge in [0.25, 0.3) is 5.91 Å². The lowest BCUT2D eigenvalue weighted by Gasteiger charge is -2.32. The largest absolute Gasteiger partial charge is 0.494 e. The molecule has 2 aromatic carbocycles. The van der Waals surface area contributed by atoms with Crippen molar-refractivity contribution in [2.75, 3.05) is 19.7 Å². The van der Waals surface area contributed by atoms with Crippen molar-refractivity contribution >= 4 is 11.8 Å². The highest BCUT2D eigenvalue weighted by atomic mass is 19.1. The van der Waals surface area contributed by atoms with E-state index in [-0.39, 0.29) is 29.6 Å². The second kappa shape index (κ2) is 9.54. The van der Waals surface area contributed by atoms with Gasteiger partial charge in [0.15, 0.2) is 0 Å². The third-order valence-corrected chi connectivity index (χ3v) is 5.22. The number of nitrogens with one attached hydrogen (secondary N) is 1. The van der Waals surface area contributed by atoms with Gasteiger partial charge in [-0.1, -0.05) is 12.1 Å². The van der Waals surface area contributed by atoms with Crippen molar-refractivity contribution in [1.29, 1.82) is 0 Å². The molecule has 5 nitrogen and oxygen atoms in total. The average molecular weight is 398 g/mol. The molecule has 0 spiro atoms. The molecule has 0 aliphatic carbocycles. The first kappa shape index (κ1) is 20.8. The number of benzene rings is 2. The molecule has 1 N–H and O–H groups in total. The van der Waals surface area contributed by atoms with Gasteiger partial charge in [-0.05, 0) is 68.7 Å². The molecule has 1 aliphatic heterocycles. The monoisotopic (exact) mass is 398 g/mol. The molecule has 2 amide bonds. The first-order valence-electron chi connectivity index (χ1n) is 10.1. The lowest BCUT2D eigenvalue weighted by atomic mass is 9.95. The third-order valence-electron chi connectivity index (χ3n) is 5.22. The van der Waals surface area contributed by atoms with E-state index >= 15 is 0 Å². The molecule has 1 fully saturated rings. The van der Waals surface area contributed by atoms with Crippen LogP contribution < -0.4 is 10.1 Å². The molecule has 29 heavy (non-hydrogen) atoms. The zero-order chi connectivity index (χ0) is 20.8. The zero-order valence-electron chi connectivity index (χ0n) is 16.9. The number of carbonyl (C=O) groups is 2. The molecule has 1 saturated heterocycles. The van der Waals surface area contributed by atoms with E-state index in [0.29, 0.717) is 25.3 Å². The summed E-state index contributed by atoms with van der Waals surface area (Å²) >= 11 is 0. The number of rotatable bonds is 6. The van der Waals surface area contributed by atoms with Gasteiger partial charge in [-0.25, -0.2) is 4.39 Å². The first-order valence-corrected chi connectivity index (χ1v) is 10.1. The summed E-state index contributed by atoms with van der Waals surface area (Å²) in [6, 6.07) is 13.1. The molecule has 6 heteroatoms. The lowest BCUT2D eigenvalue weighted by molar-refractivity contribution is -0.127. The summed E-state index contributed by atoms with van der Waals surface area (Å²) in [5, 5.41) is 3.06. The van der Waals surface area contributed by atoms with Crippen LogP contribution in [0, 0.1) is 11.7 Å². The molecule has 0 bridgehead atoms. The summed E-state index contributed by atoms with van der Waals surface area (Å²) in [6.45, 7) is 5.47. The summed E-state index contributed by atoms with van der Waals surface area (Å²) in [5.74, 6) is -0.0407. The molecule has 3 rings (SSSR count). The van der Waals surface area contributed by atoms with Gasteiger partial charge in [-0.3, -0.25) is 9.59 Å². The minimum Gasteiger partial charge on any atom is -0.494 e. The molecule has 0 saturated carbocycles. The van der Waals surface area contributed by atoms with Crippen molar-refractivity contribution in [2.24, 2.45) is 5.92 Å². The molecule has 154 valence electrons. The van der Waals surface area contributed by atoms with E-state index in [1.165, 1.54) is 24.3 Å². The second-order valence-electron chi connectivity index (χ2n) is 7.33. The van der Waals surface area contributed by atoms with Crippen LogP contribution in [0.25, 0.3) is 0 Å². The Balaban J connectivity index is 1.58. The number of nitrogens with zero attached hydrogens (tertiary/aromatic N) is 1. The van der Waals surface area contributed by atoms with Crippen LogP contribution in [-0.4, -0.2) is 36.4 Å². The topological polar surface area (TPSA) is 58.6 Å². The molecule has 0 aromatic heterocycles. The summed E-state index contributed by atoms with van der Waals surface area (Å²) in [5.41, 5.74) is 1.44. The molecule has 2 atom stereocenters. The number of amides is 2. The fourth-order valence-corrected chi connectivity index (χ4v) is 3.58. The van der Waals surface area contributed by atoms with Gasteiger partial charge in [0.2, 0.25) is 5.91 Å². The van der Waals surface area contributed by atoms with Crippen LogP contribution in [0.1, 0.15) is 48.7 Å². The minimum absolute atomic E-state index is 0.0528. The predicted molar refractivity (Wildman–Crippen MR) is 109 cm³/mol. The van der Waals surface area contributed by atoms with Gasteiger partial charge in [-0.2, -0.15) is 0 Å². The highest BCUT2D eigenvalue weighted by Crippen LogP contribution is 2.22. The molecular weight excluding hydrogens is 371 g/mol. The fraction of sp³-hybridized carbons (Fsp3) is 0.391. The maximum absolute atomic E-state index is 13.1. The van der Waals surface area contributed by atoms with Crippen LogP contribution in [0.5, 0.6) is 5.75 Å². The van der Waals surface area contributed by atoms with Crippen molar-refractivity contribution in [3.8, 4) is 5.75 Å². The van der Waals surface area contributed by atoms with Gasteiger partial charge in [0.05, 0.1) is 18.6 Å². The summed E-state index contributed by atoms with van der Waals surface area (Å²) in [7, 11) is 0. The highest BCUT2D eigenvalue weighted by molar-refractivity contribution is 5.94. The smallest absolute Gasteiger partial charge is 0.253 e. The van der Waals surface area contributed by atoms with E-state index in [1.807, 2.05) is 38.1 Å². The van der Waals surface area contributed by atoms with Crippen molar-refractivity contribution in [3.05, 3.63) is 65.5 Å². The maximum atomic E-state index is 13.1. The van der Waals surface area contributed by atoms with Gasteiger partial charge >= 0.3 is 0 Å². The quantitative estimate of drug-likeness (QED) is 0.801. The van der Waals surface area contributed by atoms with Crippen LogP contribution in [0.2, 0.25) is 0 Å². The Bertz CT molecular complexity index is 836. The van der Waals surface area contributed by atoms with Crippen LogP contribution in [0.3, 0.4) is 0 Å². The Morgan fingerprint density at radius 1 is 1.17 bits per heavy atom. The van der Waals surface area contributed by atoms with Gasteiger partial charge in [0.1, 0.15) is 11.6 Å². The van der Waals surface area contributed by atoms with Crippen molar-refractivity contribution < 1.29 is 18.7 Å². The van der Waals surface area contributed by atoms with Crippen molar-refractivity contribution in [3.63, 3.8) is 0 Å². The Morgan fingerprint density at radius 3 is 2.52 bits per heavy atom. The van der Waals surface area contributed by atoms with E-state index in [1.54, 1.807) is 4.90 Å². The number of ether oxygens (including phenoxy) is 1. The minimum atomic E-state index is -0.374. The summed E-state index contributed by atoms with van der Waals surface area (Å²) < 4.78 is 18.5. The van der Waals surface area contributed by atoms with Crippen molar-refractivity contribution in [1.82, 2.24) is 10.2 Å². The Kier molecular flexibility index (Phi) is 6.86. The van der Waals surface area contributed by atoms with Crippen LogP contribution >= 0.6 is 0 Å². The lowest BCUT2D eigenvalue weighted by Crippen LogP contribution is -2.45. The molecule has 2 unspecified atom stereocenters. The van der Waals surface area contributed by atoms with E-state index in [4.69, 9.17) is 4.74 Å². The number of carbonyl (C=O) groups excluding carboxylic acids is 2. The second-order valence-corrected chi connectivity index (χ2v) is 7.33. The van der Waals surface area contributed by atoms with Gasteiger partial charge < -0.3 is 15.0 Å². The fourth-order valence-electron chi connectivity index (χ4n) is 3.58. The van der Waals surface area contributed by atoms with Crippen LogP contribution in [0.4, 0.5) is 4.39 Å². The van der Waals surface area contributed by atoms with E-state index < -0.39 is 0 Å². The number of piperidine rings is 1. The SMILES string of the molecule is CCOc1ccc(C(C)NC(=O)C2CCCN(C(=O)c3ccc(F)cc3)C2)cc1. The average Bonchev–Trinajstić information content (AvgIpc) is 2.74. The van der Waals surface area contributed by atoms with Crippen molar-refractivity contribution in [2.45, 2.75) is 32.7 Å². The normalized spacial score (nSPS) is 17.5. The molecule has 1 aliphatic rings. The standard InChI is InChI=1S/C23H27FN2O3/c1-3-29-21-12-8-17(9-13-21)16(2)25-22(27)19-5-4-14-26(15-19)23(28)18-6-10-20(24)11-7-18/h6-13,16,19H,3-5,14-15H2,1-2H3,(H,25,27). The maximum Gasteiger partial charge on any atom is 0.253 e. The zero-order valence-corrected chi connectivity index (χ0v) is 16.9. The Hall–Kier alpha value is -2.89. The Morgan fingerprint density at radius 2 is 1.86 bits per heavy atom. The van der Waals surface area contributed by atoms with Gasteiger partial charge in [-0.15, -0.1) is 0 Å².